The molecule has 0 aromatic carbocycles. The van der Waals surface area contributed by atoms with Gasteiger partial charge >= 0.3 is 5.97 Å². The standard InChI is InChI=1S/C12H18N2O3S/c1-6-8(15)14-11-13-7(2)9(18-11)10(16)17-12(3,4)5/h6H2,1-5H3,(H,13,14,15). The number of esters is 1. The number of hydrogen-bond acceptors (Lipinski definition) is 5. The monoisotopic (exact) mass is 270 g/mol. The molecule has 0 bridgehead atoms. The highest BCUT2D eigenvalue weighted by molar-refractivity contribution is 7.17. The second kappa shape index (κ2) is 5.48. The summed E-state index contributed by atoms with van der Waals surface area (Å²) in [5.41, 5.74) is 0.0287. The van der Waals surface area contributed by atoms with E-state index in [4.69, 9.17) is 4.74 Å². The number of aryl methyl sites for hydroxylation is 1. The van der Waals surface area contributed by atoms with Gasteiger partial charge in [-0.15, -0.1) is 0 Å². The van der Waals surface area contributed by atoms with Gasteiger partial charge < -0.3 is 10.1 Å². The molecule has 100 valence electrons. The Kier molecular flexibility index (Phi) is 4.45. The number of carbonyl (C=O) groups excluding carboxylic acids is 2. The molecule has 1 N–H and O–H groups in total. The summed E-state index contributed by atoms with van der Waals surface area (Å²) in [6.07, 6.45) is 0.375. The van der Waals surface area contributed by atoms with Crippen molar-refractivity contribution < 1.29 is 14.3 Å². The van der Waals surface area contributed by atoms with Gasteiger partial charge in [-0.2, -0.15) is 0 Å². The second-order valence-corrected chi connectivity index (χ2v) is 5.84. The smallest absolute Gasteiger partial charge is 0.350 e. The van der Waals surface area contributed by atoms with Gasteiger partial charge in [0.15, 0.2) is 5.13 Å². The lowest BCUT2D eigenvalue weighted by molar-refractivity contribution is -0.115. The fraction of sp³-hybridized carbons (Fsp3) is 0.583. The van der Waals surface area contributed by atoms with Gasteiger partial charge in [-0.25, -0.2) is 9.78 Å². The minimum atomic E-state index is -0.541. The van der Waals surface area contributed by atoms with E-state index in [-0.39, 0.29) is 5.91 Å². The molecule has 0 atom stereocenters. The SMILES string of the molecule is CCC(=O)Nc1nc(C)c(C(=O)OC(C)(C)C)s1. The first-order chi connectivity index (χ1) is 8.23. The van der Waals surface area contributed by atoms with Gasteiger partial charge in [-0.1, -0.05) is 18.3 Å². The zero-order valence-electron chi connectivity index (χ0n) is 11.3. The van der Waals surface area contributed by atoms with E-state index in [1.54, 1.807) is 34.6 Å². The lowest BCUT2D eigenvalue weighted by Gasteiger charge is -2.18. The summed E-state index contributed by atoms with van der Waals surface area (Å²) in [5, 5.41) is 3.06. The van der Waals surface area contributed by atoms with Crippen molar-refractivity contribution in [3.05, 3.63) is 10.6 Å². The first-order valence-corrected chi connectivity index (χ1v) is 6.55. The maximum Gasteiger partial charge on any atom is 0.350 e. The highest BCUT2D eigenvalue weighted by atomic mass is 32.1. The van der Waals surface area contributed by atoms with E-state index in [2.05, 4.69) is 10.3 Å². The third kappa shape index (κ3) is 4.10. The van der Waals surface area contributed by atoms with Crippen molar-refractivity contribution in [2.24, 2.45) is 0 Å². The van der Waals surface area contributed by atoms with Crippen LogP contribution in [0.3, 0.4) is 0 Å². The Morgan fingerprint density at radius 2 is 2.00 bits per heavy atom. The summed E-state index contributed by atoms with van der Waals surface area (Å²) in [6.45, 7) is 8.89. The van der Waals surface area contributed by atoms with Gasteiger partial charge in [0.2, 0.25) is 5.91 Å². The van der Waals surface area contributed by atoms with Gasteiger partial charge in [0, 0.05) is 6.42 Å². The number of anilines is 1. The largest absolute Gasteiger partial charge is 0.456 e. The Morgan fingerprint density at radius 3 is 2.50 bits per heavy atom. The number of hydrogen-bond donors (Lipinski definition) is 1. The van der Waals surface area contributed by atoms with E-state index < -0.39 is 11.6 Å². The number of ether oxygens (including phenoxy) is 1. The molecule has 1 aromatic rings. The molecule has 5 nitrogen and oxygen atoms in total. The fourth-order valence-corrected chi connectivity index (χ4v) is 2.03. The molecule has 0 saturated carbocycles. The molecular formula is C12H18N2O3S. The van der Waals surface area contributed by atoms with Crippen molar-refractivity contribution in [2.45, 2.75) is 46.6 Å². The minimum Gasteiger partial charge on any atom is -0.456 e. The van der Waals surface area contributed by atoms with Gasteiger partial charge in [-0.05, 0) is 27.7 Å². The number of nitrogens with zero attached hydrogens (tertiary/aromatic N) is 1. The van der Waals surface area contributed by atoms with E-state index in [1.165, 1.54) is 0 Å². The maximum atomic E-state index is 11.9. The third-order valence-electron chi connectivity index (χ3n) is 1.95. The molecule has 1 amide bonds. The Labute approximate surface area is 111 Å². The molecule has 1 aromatic heterocycles. The normalized spacial score (nSPS) is 11.2. The predicted octanol–water partition coefficient (Wildman–Crippen LogP) is 2.76. The topological polar surface area (TPSA) is 68.3 Å². The molecule has 0 saturated heterocycles. The molecule has 1 rings (SSSR count). The summed E-state index contributed by atoms with van der Waals surface area (Å²) >= 11 is 1.13. The van der Waals surface area contributed by atoms with E-state index in [0.29, 0.717) is 22.1 Å². The van der Waals surface area contributed by atoms with Crippen LogP contribution in [0.1, 0.15) is 49.5 Å². The molecule has 0 radical (unpaired) electrons. The van der Waals surface area contributed by atoms with E-state index >= 15 is 0 Å². The average molecular weight is 270 g/mol. The lowest BCUT2D eigenvalue weighted by Crippen LogP contribution is -2.23. The predicted molar refractivity (Wildman–Crippen MR) is 70.9 cm³/mol. The Balaban J connectivity index is 2.84. The van der Waals surface area contributed by atoms with Crippen molar-refractivity contribution >= 4 is 28.3 Å². The number of nitrogens with one attached hydrogen (secondary N) is 1. The Morgan fingerprint density at radius 1 is 1.39 bits per heavy atom. The highest BCUT2D eigenvalue weighted by Gasteiger charge is 2.22. The van der Waals surface area contributed by atoms with Crippen LogP contribution in [-0.4, -0.2) is 22.5 Å². The first-order valence-electron chi connectivity index (χ1n) is 5.73. The van der Waals surface area contributed by atoms with Gasteiger partial charge in [-0.3, -0.25) is 4.79 Å². The van der Waals surface area contributed by atoms with Crippen molar-refractivity contribution in [3.8, 4) is 0 Å². The van der Waals surface area contributed by atoms with Crippen LogP contribution < -0.4 is 5.32 Å². The van der Waals surface area contributed by atoms with E-state index in [1.807, 2.05) is 0 Å². The third-order valence-corrected chi connectivity index (χ3v) is 3.00. The number of amides is 1. The summed E-state index contributed by atoms with van der Waals surface area (Å²) in [6, 6.07) is 0. The quantitative estimate of drug-likeness (QED) is 0.857. The number of thiazole rings is 1. The van der Waals surface area contributed by atoms with Gasteiger partial charge in [0.25, 0.3) is 0 Å². The number of aromatic nitrogens is 1. The van der Waals surface area contributed by atoms with E-state index in [0.717, 1.165) is 11.3 Å². The first kappa shape index (κ1) is 14.6. The summed E-state index contributed by atoms with van der Waals surface area (Å²) in [5.74, 6) is -0.533. The molecule has 0 unspecified atom stereocenters. The molecular weight excluding hydrogens is 252 g/mol. The van der Waals surface area contributed by atoms with Gasteiger partial charge in [0.05, 0.1) is 5.69 Å². The van der Waals surface area contributed by atoms with Crippen LogP contribution in [0.25, 0.3) is 0 Å². The lowest BCUT2D eigenvalue weighted by atomic mass is 10.2. The Bertz CT molecular complexity index is 460. The molecule has 1 heterocycles. The fourth-order valence-electron chi connectivity index (χ4n) is 1.17. The zero-order valence-corrected chi connectivity index (χ0v) is 12.1. The maximum absolute atomic E-state index is 11.9. The van der Waals surface area contributed by atoms with Crippen LogP contribution >= 0.6 is 11.3 Å². The second-order valence-electron chi connectivity index (χ2n) is 4.84. The molecule has 0 spiro atoms. The van der Waals surface area contributed by atoms with E-state index in [9.17, 15) is 9.59 Å². The zero-order chi connectivity index (χ0) is 13.9. The molecule has 0 aliphatic heterocycles. The number of carbonyl (C=O) groups is 2. The van der Waals surface area contributed by atoms with Crippen molar-refractivity contribution in [1.82, 2.24) is 4.98 Å². The highest BCUT2D eigenvalue weighted by Crippen LogP contribution is 2.25. The van der Waals surface area contributed by atoms with Crippen LogP contribution in [0.15, 0.2) is 0 Å². The summed E-state index contributed by atoms with van der Waals surface area (Å²) in [4.78, 5) is 27.7. The summed E-state index contributed by atoms with van der Waals surface area (Å²) < 4.78 is 5.27. The van der Waals surface area contributed by atoms with Crippen LogP contribution in [0.2, 0.25) is 0 Å². The van der Waals surface area contributed by atoms with Crippen molar-refractivity contribution in [1.29, 1.82) is 0 Å². The molecule has 6 heteroatoms. The van der Waals surface area contributed by atoms with Crippen LogP contribution in [0.4, 0.5) is 5.13 Å². The molecule has 0 aliphatic carbocycles. The van der Waals surface area contributed by atoms with Crippen molar-refractivity contribution in [2.75, 3.05) is 5.32 Å². The Hall–Kier alpha value is -1.43. The van der Waals surface area contributed by atoms with Crippen LogP contribution in [0.5, 0.6) is 0 Å². The molecule has 0 aliphatic rings. The molecule has 0 fully saturated rings. The van der Waals surface area contributed by atoms with Crippen LogP contribution in [0, 0.1) is 6.92 Å². The van der Waals surface area contributed by atoms with Crippen LogP contribution in [-0.2, 0) is 9.53 Å². The minimum absolute atomic E-state index is 0.125. The summed E-state index contributed by atoms with van der Waals surface area (Å²) in [7, 11) is 0. The number of rotatable bonds is 3. The molecule has 18 heavy (non-hydrogen) atoms. The average Bonchev–Trinajstić information content (AvgIpc) is 2.56. The van der Waals surface area contributed by atoms with Gasteiger partial charge in [0.1, 0.15) is 10.5 Å². The van der Waals surface area contributed by atoms with Crippen molar-refractivity contribution in [3.63, 3.8) is 0 Å².